The summed E-state index contributed by atoms with van der Waals surface area (Å²) in [6, 6.07) is 15.5. The number of hydrogen-bond acceptors (Lipinski definition) is 9. The molecular weight excluding hydrogens is 556 g/mol. The number of piperazine rings is 1. The summed E-state index contributed by atoms with van der Waals surface area (Å²) < 4.78 is 13.0. The van der Waals surface area contributed by atoms with Gasteiger partial charge in [0.15, 0.2) is 0 Å². The molecule has 1 saturated heterocycles. The lowest BCUT2D eigenvalue weighted by Crippen LogP contribution is -2.44. The van der Waals surface area contributed by atoms with Crippen LogP contribution in [0.5, 0.6) is 11.5 Å². The van der Waals surface area contributed by atoms with E-state index >= 15 is 0 Å². The maximum atomic E-state index is 14.1. The third-order valence-electron chi connectivity index (χ3n) is 8.42. The lowest BCUT2D eigenvalue weighted by Gasteiger charge is -2.33. The number of ether oxygens (including phenoxy) is 2. The van der Waals surface area contributed by atoms with Gasteiger partial charge in [-0.1, -0.05) is 6.07 Å². The summed E-state index contributed by atoms with van der Waals surface area (Å²) in [6.45, 7) is 4.74. The van der Waals surface area contributed by atoms with E-state index in [1.165, 1.54) is 0 Å². The van der Waals surface area contributed by atoms with Crippen molar-refractivity contribution in [1.82, 2.24) is 29.2 Å². The fourth-order valence-electron chi connectivity index (χ4n) is 5.96. The first-order chi connectivity index (χ1) is 21.5. The minimum absolute atomic E-state index is 0.0908. The average Bonchev–Trinajstić information content (AvgIpc) is 3.63. The van der Waals surface area contributed by atoms with Crippen LogP contribution in [0.3, 0.4) is 0 Å². The van der Waals surface area contributed by atoms with Crippen molar-refractivity contribution in [3.05, 3.63) is 90.0 Å². The highest BCUT2D eigenvalue weighted by atomic mass is 16.5. The largest absolute Gasteiger partial charge is 0.497 e. The minimum atomic E-state index is -0.0908. The lowest BCUT2D eigenvalue weighted by molar-refractivity contribution is 0.0766. The van der Waals surface area contributed by atoms with Crippen molar-refractivity contribution < 1.29 is 14.3 Å². The van der Waals surface area contributed by atoms with E-state index in [0.29, 0.717) is 41.7 Å². The zero-order valence-electron chi connectivity index (χ0n) is 25.0. The predicted octanol–water partition coefficient (Wildman–Crippen LogP) is 4.46. The average molecular weight is 591 g/mol. The number of carbonyl (C=O) groups excluding carboxylic acids is 1. The van der Waals surface area contributed by atoms with Crippen molar-refractivity contribution in [2.24, 2.45) is 0 Å². The Morgan fingerprint density at radius 3 is 2.55 bits per heavy atom. The summed E-state index contributed by atoms with van der Waals surface area (Å²) >= 11 is 0. The van der Waals surface area contributed by atoms with Crippen LogP contribution < -0.4 is 19.7 Å². The van der Waals surface area contributed by atoms with E-state index in [2.05, 4.69) is 33.2 Å². The quantitative estimate of drug-likeness (QED) is 0.281. The second kappa shape index (κ2) is 11.5. The zero-order chi connectivity index (χ0) is 30.2. The van der Waals surface area contributed by atoms with Gasteiger partial charge in [0.2, 0.25) is 0 Å². The SMILES string of the molecule is COc1ccc(CN2Cc3c(-c4cnc5ccccn45)ncc(Nc4ccc(N5CCN(C)CC5)cn4)c3C2=O)c(OC)c1. The number of carbonyl (C=O) groups is 1. The number of amides is 1. The van der Waals surface area contributed by atoms with E-state index < -0.39 is 0 Å². The molecule has 1 N–H and O–H groups in total. The number of methoxy groups -OCH3 is 2. The molecule has 0 atom stereocenters. The maximum absolute atomic E-state index is 14.1. The van der Waals surface area contributed by atoms with Crippen molar-refractivity contribution in [3.63, 3.8) is 0 Å². The van der Waals surface area contributed by atoms with Crippen LogP contribution in [-0.2, 0) is 13.1 Å². The number of rotatable bonds is 8. The molecular formula is C33H34N8O3. The van der Waals surface area contributed by atoms with Crippen LogP contribution >= 0.6 is 0 Å². The molecule has 6 heterocycles. The van der Waals surface area contributed by atoms with Crippen molar-refractivity contribution in [2.45, 2.75) is 13.1 Å². The number of aromatic nitrogens is 4. The van der Waals surface area contributed by atoms with E-state index in [-0.39, 0.29) is 5.91 Å². The van der Waals surface area contributed by atoms with Gasteiger partial charge in [-0.25, -0.2) is 9.97 Å². The molecule has 0 radical (unpaired) electrons. The Morgan fingerprint density at radius 2 is 1.77 bits per heavy atom. The Bertz CT molecular complexity index is 1830. The van der Waals surface area contributed by atoms with Crippen molar-refractivity contribution in [2.75, 3.05) is 57.7 Å². The Kier molecular flexibility index (Phi) is 7.23. The second-order valence-electron chi connectivity index (χ2n) is 11.1. The smallest absolute Gasteiger partial charge is 0.257 e. The number of pyridine rings is 3. The molecule has 5 aromatic rings. The van der Waals surface area contributed by atoms with Gasteiger partial charge in [-0.15, -0.1) is 0 Å². The van der Waals surface area contributed by atoms with E-state index in [1.807, 2.05) is 70.4 Å². The van der Waals surface area contributed by atoms with E-state index in [0.717, 1.165) is 60.0 Å². The zero-order valence-corrected chi connectivity index (χ0v) is 25.0. The highest BCUT2D eigenvalue weighted by Crippen LogP contribution is 2.38. The molecule has 1 amide bonds. The molecule has 2 aliphatic heterocycles. The Labute approximate surface area is 255 Å². The second-order valence-corrected chi connectivity index (χ2v) is 11.1. The number of fused-ring (bicyclic) bond motifs is 2. The van der Waals surface area contributed by atoms with Crippen LogP contribution in [0.15, 0.2) is 73.3 Å². The van der Waals surface area contributed by atoms with Crippen LogP contribution in [0.1, 0.15) is 21.5 Å². The highest BCUT2D eigenvalue weighted by Gasteiger charge is 2.34. The highest BCUT2D eigenvalue weighted by molar-refractivity contribution is 6.05. The van der Waals surface area contributed by atoms with Crippen molar-refractivity contribution in [1.29, 1.82) is 0 Å². The normalized spacial score (nSPS) is 15.1. The maximum Gasteiger partial charge on any atom is 0.257 e. The molecule has 0 aliphatic carbocycles. The van der Waals surface area contributed by atoms with Gasteiger partial charge >= 0.3 is 0 Å². The molecule has 2 aliphatic rings. The van der Waals surface area contributed by atoms with Crippen LogP contribution in [0.25, 0.3) is 17.0 Å². The topological polar surface area (TPSA) is 100 Å². The number of anilines is 3. The summed E-state index contributed by atoms with van der Waals surface area (Å²) in [6.07, 6.45) is 7.38. The monoisotopic (exact) mass is 590 g/mol. The first-order valence-corrected chi connectivity index (χ1v) is 14.6. The molecule has 0 spiro atoms. The standard InChI is InChI=1S/C33H34N8O3/c1-38-12-14-39(15-13-38)23-8-10-29(34-17-23)37-26-18-36-32(27-19-35-30-6-4-5-11-41(27)30)25-21-40(33(42)31(25)26)20-22-7-9-24(43-2)16-28(22)44-3/h4-11,16-19H,12-15,20-21H2,1-3H3,(H,34,37). The Hall–Kier alpha value is -5.16. The Morgan fingerprint density at radius 1 is 0.909 bits per heavy atom. The van der Waals surface area contributed by atoms with Gasteiger partial charge in [-0.2, -0.15) is 0 Å². The lowest BCUT2D eigenvalue weighted by atomic mass is 10.1. The third kappa shape index (κ3) is 5.05. The summed E-state index contributed by atoms with van der Waals surface area (Å²) in [5.74, 6) is 1.92. The van der Waals surface area contributed by atoms with E-state index in [9.17, 15) is 4.79 Å². The molecule has 7 rings (SSSR count). The third-order valence-corrected chi connectivity index (χ3v) is 8.42. The molecule has 0 bridgehead atoms. The number of imidazole rings is 1. The van der Waals surface area contributed by atoms with Crippen LogP contribution in [0, 0.1) is 0 Å². The molecule has 11 heteroatoms. The van der Waals surface area contributed by atoms with E-state index in [1.54, 1.807) is 20.4 Å². The van der Waals surface area contributed by atoms with Gasteiger partial charge < -0.3 is 29.5 Å². The van der Waals surface area contributed by atoms with Crippen molar-refractivity contribution in [3.8, 4) is 22.9 Å². The fourth-order valence-corrected chi connectivity index (χ4v) is 5.96. The van der Waals surface area contributed by atoms with Gasteiger partial charge in [-0.05, 0) is 43.4 Å². The number of benzene rings is 1. The van der Waals surface area contributed by atoms with Gasteiger partial charge in [0, 0.05) is 62.7 Å². The number of hydrogen-bond donors (Lipinski definition) is 1. The molecule has 11 nitrogen and oxygen atoms in total. The van der Waals surface area contributed by atoms with Gasteiger partial charge in [0.25, 0.3) is 5.91 Å². The molecule has 0 saturated carbocycles. The van der Waals surface area contributed by atoms with Gasteiger partial charge in [0.05, 0.1) is 61.1 Å². The number of nitrogens with zero attached hydrogens (tertiary/aromatic N) is 7. The summed E-state index contributed by atoms with van der Waals surface area (Å²) in [5.41, 5.74) is 6.38. The summed E-state index contributed by atoms with van der Waals surface area (Å²) in [5, 5.41) is 3.39. The fraction of sp³-hybridized carbons (Fsp3) is 0.273. The summed E-state index contributed by atoms with van der Waals surface area (Å²) in [4.78, 5) is 34.8. The molecule has 44 heavy (non-hydrogen) atoms. The first kappa shape index (κ1) is 27.7. The number of likely N-dealkylation sites (N-methyl/N-ethyl adjacent to an activating group) is 1. The molecule has 4 aromatic heterocycles. The number of nitrogens with one attached hydrogen (secondary N) is 1. The Balaban J connectivity index is 1.23. The predicted molar refractivity (Wildman–Crippen MR) is 169 cm³/mol. The molecule has 224 valence electrons. The van der Waals surface area contributed by atoms with Crippen LogP contribution in [-0.4, -0.2) is 82.5 Å². The van der Waals surface area contributed by atoms with Crippen molar-refractivity contribution >= 4 is 28.7 Å². The van der Waals surface area contributed by atoms with Crippen LogP contribution in [0.4, 0.5) is 17.2 Å². The molecule has 1 fully saturated rings. The summed E-state index contributed by atoms with van der Waals surface area (Å²) in [7, 11) is 5.38. The van der Waals surface area contributed by atoms with Crippen LogP contribution in [0.2, 0.25) is 0 Å². The first-order valence-electron chi connectivity index (χ1n) is 14.6. The van der Waals surface area contributed by atoms with Gasteiger partial charge in [0.1, 0.15) is 23.0 Å². The van der Waals surface area contributed by atoms with E-state index in [4.69, 9.17) is 19.4 Å². The molecule has 0 unspecified atom stereocenters. The van der Waals surface area contributed by atoms with Gasteiger partial charge in [-0.3, -0.25) is 14.2 Å². The minimum Gasteiger partial charge on any atom is -0.497 e. The molecule has 1 aromatic carbocycles.